The molecule has 20 heavy (non-hydrogen) atoms. The summed E-state index contributed by atoms with van der Waals surface area (Å²) in [6, 6.07) is -0.206. The van der Waals surface area contributed by atoms with Crippen LogP contribution < -0.4 is 5.32 Å². The molecule has 1 N–H and O–H groups in total. The highest BCUT2D eigenvalue weighted by Gasteiger charge is 2.33. The lowest BCUT2D eigenvalue weighted by molar-refractivity contribution is 0.00541. The van der Waals surface area contributed by atoms with Crippen LogP contribution in [-0.2, 0) is 4.74 Å². The molecule has 1 atom stereocenters. The number of hydrogen-bond donors (Lipinski definition) is 1. The summed E-state index contributed by atoms with van der Waals surface area (Å²) in [6.07, 6.45) is -2.15. The number of halogens is 2. The van der Waals surface area contributed by atoms with E-state index in [1.54, 1.807) is 20.8 Å². The van der Waals surface area contributed by atoms with Crippen molar-refractivity contribution in [3.8, 4) is 0 Å². The van der Waals surface area contributed by atoms with Crippen molar-refractivity contribution in [2.45, 2.75) is 45.3 Å². The van der Waals surface area contributed by atoms with Crippen LogP contribution in [0.5, 0.6) is 0 Å². The van der Waals surface area contributed by atoms with Crippen LogP contribution in [0, 0.1) is 0 Å². The van der Waals surface area contributed by atoms with Crippen molar-refractivity contribution in [1.29, 1.82) is 0 Å². The van der Waals surface area contributed by atoms with Crippen molar-refractivity contribution in [2.24, 2.45) is 0 Å². The van der Waals surface area contributed by atoms with Gasteiger partial charge in [0.2, 0.25) is 0 Å². The van der Waals surface area contributed by atoms with E-state index in [2.05, 4.69) is 15.6 Å². The van der Waals surface area contributed by atoms with Crippen LogP contribution >= 0.6 is 0 Å². The Hall–Kier alpha value is -1.57. The van der Waals surface area contributed by atoms with E-state index in [0.29, 0.717) is 13.0 Å². The van der Waals surface area contributed by atoms with Gasteiger partial charge < -0.3 is 10.1 Å². The standard InChI is InChI=1S/C12H18F2N4O2/c1-12(2,3)20-11(19)8-9(10(13)14)18(17-16-8)7-4-5-15-6-7/h7,10,15H,4-6H2,1-3H3. The van der Waals surface area contributed by atoms with Gasteiger partial charge in [0.1, 0.15) is 11.3 Å². The predicted molar refractivity (Wildman–Crippen MR) is 66.7 cm³/mol. The van der Waals surface area contributed by atoms with Crippen molar-refractivity contribution in [3.05, 3.63) is 11.4 Å². The molecule has 1 saturated heterocycles. The molecule has 0 radical (unpaired) electrons. The Labute approximate surface area is 115 Å². The van der Waals surface area contributed by atoms with Gasteiger partial charge in [-0.3, -0.25) is 0 Å². The molecule has 2 rings (SSSR count). The third-order valence-electron chi connectivity index (χ3n) is 2.91. The SMILES string of the molecule is CC(C)(C)OC(=O)c1nnn(C2CCNC2)c1C(F)F. The first-order chi connectivity index (χ1) is 9.29. The molecule has 0 bridgehead atoms. The quantitative estimate of drug-likeness (QED) is 0.857. The highest BCUT2D eigenvalue weighted by molar-refractivity contribution is 5.88. The van der Waals surface area contributed by atoms with E-state index in [1.807, 2.05) is 0 Å². The van der Waals surface area contributed by atoms with Crippen LogP contribution in [0.3, 0.4) is 0 Å². The largest absolute Gasteiger partial charge is 0.455 e. The third kappa shape index (κ3) is 3.12. The van der Waals surface area contributed by atoms with Gasteiger partial charge in [-0.2, -0.15) is 0 Å². The summed E-state index contributed by atoms with van der Waals surface area (Å²) < 4.78 is 32.7. The fraction of sp³-hybridized carbons (Fsp3) is 0.750. The summed E-state index contributed by atoms with van der Waals surface area (Å²) in [6.45, 7) is 6.26. The Balaban J connectivity index is 2.31. The Bertz CT molecular complexity index is 490. The summed E-state index contributed by atoms with van der Waals surface area (Å²) in [5, 5.41) is 10.4. The normalized spacial score (nSPS) is 19.6. The summed E-state index contributed by atoms with van der Waals surface area (Å²) >= 11 is 0. The minimum Gasteiger partial charge on any atom is -0.455 e. The fourth-order valence-electron chi connectivity index (χ4n) is 2.09. The van der Waals surface area contributed by atoms with Crippen LogP contribution in [0.25, 0.3) is 0 Å². The first-order valence-electron chi connectivity index (χ1n) is 6.47. The van der Waals surface area contributed by atoms with Gasteiger partial charge in [-0.25, -0.2) is 18.3 Å². The molecule has 6 nitrogen and oxygen atoms in total. The van der Waals surface area contributed by atoms with Gasteiger partial charge in [-0.05, 0) is 33.7 Å². The van der Waals surface area contributed by atoms with Crippen LogP contribution in [0.1, 0.15) is 55.8 Å². The van der Waals surface area contributed by atoms with Gasteiger partial charge in [-0.15, -0.1) is 5.10 Å². The molecule has 0 aromatic carbocycles. The van der Waals surface area contributed by atoms with E-state index in [4.69, 9.17) is 4.74 Å². The van der Waals surface area contributed by atoms with Gasteiger partial charge in [-0.1, -0.05) is 5.21 Å². The fourth-order valence-corrected chi connectivity index (χ4v) is 2.09. The van der Waals surface area contributed by atoms with E-state index >= 15 is 0 Å². The molecule has 1 aromatic rings. The molecular weight excluding hydrogens is 270 g/mol. The zero-order valence-corrected chi connectivity index (χ0v) is 11.7. The van der Waals surface area contributed by atoms with Gasteiger partial charge in [0.05, 0.1) is 6.04 Å². The average molecular weight is 288 g/mol. The highest BCUT2D eigenvalue weighted by atomic mass is 19.3. The number of nitrogens with zero attached hydrogens (tertiary/aromatic N) is 3. The molecule has 0 aliphatic carbocycles. The summed E-state index contributed by atoms with van der Waals surface area (Å²) in [4.78, 5) is 11.9. The molecule has 0 amide bonds. The second-order valence-electron chi connectivity index (χ2n) is 5.72. The number of aromatic nitrogens is 3. The number of esters is 1. The molecule has 2 heterocycles. The molecule has 112 valence electrons. The predicted octanol–water partition coefficient (Wildman–Crippen LogP) is 1.71. The molecule has 1 aromatic heterocycles. The average Bonchev–Trinajstić information content (AvgIpc) is 2.95. The Kier molecular flexibility index (Phi) is 4.03. The summed E-state index contributed by atoms with van der Waals surface area (Å²) in [5.41, 5.74) is -1.63. The number of carbonyl (C=O) groups is 1. The second kappa shape index (κ2) is 5.43. The van der Waals surface area contributed by atoms with Crippen LogP contribution in [0.15, 0.2) is 0 Å². The molecule has 1 aliphatic rings. The van der Waals surface area contributed by atoms with Crippen molar-refractivity contribution in [2.75, 3.05) is 13.1 Å². The smallest absolute Gasteiger partial charge is 0.361 e. The van der Waals surface area contributed by atoms with Crippen LogP contribution in [0.4, 0.5) is 8.78 Å². The molecule has 1 aliphatic heterocycles. The lowest BCUT2D eigenvalue weighted by Crippen LogP contribution is -2.25. The lowest BCUT2D eigenvalue weighted by Gasteiger charge is -2.19. The van der Waals surface area contributed by atoms with Crippen molar-refractivity contribution >= 4 is 5.97 Å². The van der Waals surface area contributed by atoms with Crippen molar-refractivity contribution in [3.63, 3.8) is 0 Å². The second-order valence-corrected chi connectivity index (χ2v) is 5.72. The first kappa shape index (κ1) is 14.8. The number of alkyl halides is 2. The summed E-state index contributed by atoms with van der Waals surface area (Å²) in [5.74, 6) is -0.870. The Morgan fingerprint density at radius 3 is 2.70 bits per heavy atom. The molecule has 1 unspecified atom stereocenters. The maximum absolute atomic E-state index is 13.2. The van der Waals surface area contributed by atoms with E-state index in [0.717, 1.165) is 11.2 Å². The highest BCUT2D eigenvalue weighted by Crippen LogP contribution is 2.27. The number of nitrogens with one attached hydrogen (secondary N) is 1. The van der Waals surface area contributed by atoms with Gasteiger partial charge in [0, 0.05) is 6.54 Å². The van der Waals surface area contributed by atoms with Gasteiger partial charge in [0.25, 0.3) is 6.43 Å². The van der Waals surface area contributed by atoms with E-state index < -0.39 is 29.4 Å². The zero-order chi connectivity index (χ0) is 14.9. The minimum atomic E-state index is -2.83. The monoisotopic (exact) mass is 288 g/mol. The van der Waals surface area contributed by atoms with Gasteiger partial charge in [0.15, 0.2) is 5.69 Å². The Morgan fingerprint density at radius 2 is 2.20 bits per heavy atom. The van der Waals surface area contributed by atoms with E-state index in [9.17, 15) is 13.6 Å². The van der Waals surface area contributed by atoms with Crippen LogP contribution in [0.2, 0.25) is 0 Å². The van der Waals surface area contributed by atoms with Gasteiger partial charge >= 0.3 is 5.97 Å². The molecular formula is C12H18F2N4O2. The number of hydrogen-bond acceptors (Lipinski definition) is 5. The molecule has 0 saturated carbocycles. The maximum Gasteiger partial charge on any atom is 0.361 e. The maximum atomic E-state index is 13.2. The van der Waals surface area contributed by atoms with Crippen LogP contribution in [-0.4, -0.2) is 39.7 Å². The summed E-state index contributed by atoms with van der Waals surface area (Å²) in [7, 11) is 0. The Morgan fingerprint density at radius 1 is 1.50 bits per heavy atom. The molecule has 0 spiro atoms. The minimum absolute atomic E-state index is 0.206. The first-order valence-corrected chi connectivity index (χ1v) is 6.47. The van der Waals surface area contributed by atoms with E-state index in [1.165, 1.54) is 0 Å². The molecule has 1 fully saturated rings. The topological polar surface area (TPSA) is 69.0 Å². The molecule has 8 heteroatoms. The number of carbonyl (C=O) groups excluding carboxylic acids is 1. The number of rotatable bonds is 3. The van der Waals surface area contributed by atoms with E-state index in [-0.39, 0.29) is 6.04 Å². The zero-order valence-electron chi connectivity index (χ0n) is 11.7. The lowest BCUT2D eigenvalue weighted by atomic mass is 10.2. The van der Waals surface area contributed by atoms with Crippen molar-refractivity contribution in [1.82, 2.24) is 20.3 Å². The van der Waals surface area contributed by atoms with Crippen molar-refractivity contribution < 1.29 is 18.3 Å². The third-order valence-corrected chi connectivity index (χ3v) is 2.91. The number of ether oxygens (including phenoxy) is 1.